The van der Waals surface area contributed by atoms with Gasteiger partial charge in [-0.25, -0.2) is 0 Å². The minimum atomic E-state index is 0.886. The molecule has 0 N–H and O–H groups in total. The number of rotatable bonds is 4. The van der Waals surface area contributed by atoms with Crippen LogP contribution in [0.2, 0.25) is 0 Å². The third-order valence-corrected chi connectivity index (χ3v) is 11.3. The van der Waals surface area contributed by atoms with Gasteiger partial charge in [0.2, 0.25) is 0 Å². The highest BCUT2D eigenvalue weighted by molar-refractivity contribution is 6.26. The molecule has 0 unspecified atom stereocenters. The Balaban J connectivity index is 1.18. The first-order chi connectivity index (χ1) is 26.3. The van der Waals surface area contributed by atoms with Crippen LogP contribution in [0.3, 0.4) is 0 Å². The van der Waals surface area contributed by atoms with Crippen LogP contribution in [0.1, 0.15) is 0 Å². The molecule has 0 fully saturated rings. The second-order valence-electron chi connectivity index (χ2n) is 14.1. The van der Waals surface area contributed by atoms with Crippen molar-refractivity contribution in [2.45, 2.75) is 0 Å². The lowest BCUT2D eigenvalue weighted by Gasteiger charge is -2.28. The van der Waals surface area contributed by atoms with Crippen molar-refractivity contribution in [1.29, 1.82) is 0 Å². The number of para-hydroxylation sites is 3. The zero-order valence-corrected chi connectivity index (χ0v) is 28.6. The molecule has 246 valence electrons. The fourth-order valence-corrected chi connectivity index (χ4v) is 9.06. The lowest BCUT2D eigenvalue weighted by Crippen LogP contribution is -2.11. The Morgan fingerprint density at radius 1 is 0.396 bits per heavy atom. The van der Waals surface area contributed by atoms with Crippen molar-refractivity contribution in [3.8, 4) is 27.9 Å². The summed E-state index contributed by atoms with van der Waals surface area (Å²) in [6, 6.07) is 66.1. The van der Waals surface area contributed by atoms with E-state index >= 15 is 0 Å². The number of aromatic nitrogens is 1. The predicted octanol–water partition coefficient (Wildman–Crippen LogP) is 14.1. The molecule has 0 saturated heterocycles. The van der Waals surface area contributed by atoms with Crippen LogP contribution in [0.25, 0.3) is 93.2 Å². The van der Waals surface area contributed by atoms with Crippen LogP contribution in [-0.4, -0.2) is 4.57 Å². The maximum Gasteiger partial charge on any atom is 0.135 e. The zero-order chi connectivity index (χ0) is 34.6. The topological polar surface area (TPSA) is 21.3 Å². The number of nitrogens with zero attached hydrogens (tertiary/aromatic N) is 2. The molecule has 0 bridgehead atoms. The molecule has 2 heterocycles. The van der Waals surface area contributed by atoms with Gasteiger partial charge < -0.3 is 13.9 Å². The molecule has 0 saturated carbocycles. The van der Waals surface area contributed by atoms with Crippen molar-refractivity contribution in [3.05, 3.63) is 182 Å². The molecule has 0 aliphatic heterocycles. The number of benzene rings is 9. The third kappa shape index (κ3) is 3.99. The molecule has 1 aliphatic carbocycles. The molecule has 0 radical (unpaired) electrons. The van der Waals surface area contributed by atoms with Gasteiger partial charge in [0, 0.05) is 44.2 Å². The Labute approximate surface area is 305 Å². The van der Waals surface area contributed by atoms with E-state index in [-0.39, 0.29) is 0 Å². The van der Waals surface area contributed by atoms with E-state index in [0.29, 0.717) is 0 Å². The fourth-order valence-electron chi connectivity index (χ4n) is 9.06. The van der Waals surface area contributed by atoms with E-state index in [0.717, 1.165) is 44.7 Å². The first-order valence-electron chi connectivity index (χ1n) is 18.2. The van der Waals surface area contributed by atoms with Crippen LogP contribution in [0.4, 0.5) is 17.1 Å². The number of fused-ring (bicyclic) bond motifs is 11. The van der Waals surface area contributed by atoms with Gasteiger partial charge in [-0.15, -0.1) is 0 Å². The zero-order valence-electron chi connectivity index (χ0n) is 28.6. The number of anilines is 3. The van der Waals surface area contributed by atoms with Crippen LogP contribution in [0.5, 0.6) is 0 Å². The molecule has 11 aromatic rings. The van der Waals surface area contributed by atoms with Crippen molar-refractivity contribution < 1.29 is 4.42 Å². The van der Waals surface area contributed by atoms with Crippen molar-refractivity contribution in [2.24, 2.45) is 0 Å². The van der Waals surface area contributed by atoms with Crippen LogP contribution >= 0.6 is 0 Å². The molecule has 1 aliphatic rings. The molecule has 0 spiro atoms. The Hall–Kier alpha value is -7.10. The normalized spacial score (nSPS) is 12.2. The van der Waals surface area contributed by atoms with Gasteiger partial charge in [0.25, 0.3) is 0 Å². The van der Waals surface area contributed by atoms with Gasteiger partial charge in [0.15, 0.2) is 0 Å². The summed E-state index contributed by atoms with van der Waals surface area (Å²) in [5.41, 5.74) is 13.7. The summed E-state index contributed by atoms with van der Waals surface area (Å²) in [5, 5.41) is 9.83. The van der Waals surface area contributed by atoms with Crippen LogP contribution in [0.15, 0.2) is 186 Å². The molecule has 0 amide bonds. The van der Waals surface area contributed by atoms with Gasteiger partial charge >= 0.3 is 0 Å². The van der Waals surface area contributed by atoms with Gasteiger partial charge in [-0.05, 0) is 105 Å². The van der Waals surface area contributed by atoms with Crippen molar-refractivity contribution >= 4 is 82.4 Å². The summed E-state index contributed by atoms with van der Waals surface area (Å²) in [6.07, 6.45) is 0. The lowest BCUT2D eigenvalue weighted by molar-refractivity contribution is 0.669. The molecule has 3 nitrogen and oxygen atoms in total. The maximum absolute atomic E-state index is 6.33. The number of furan rings is 1. The largest absolute Gasteiger partial charge is 0.456 e. The first-order valence-corrected chi connectivity index (χ1v) is 18.2. The second-order valence-corrected chi connectivity index (χ2v) is 14.1. The molecule has 3 heteroatoms. The predicted molar refractivity (Wildman–Crippen MR) is 222 cm³/mol. The van der Waals surface area contributed by atoms with Gasteiger partial charge in [-0.1, -0.05) is 115 Å². The molecule has 2 aromatic heterocycles. The summed E-state index contributed by atoms with van der Waals surface area (Å²) in [5.74, 6) is 0. The van der Waals surface area contributed by atoms with Crippen molar-refractivity contribution in [2.75, 3.05) is 4.90 Å². The van der Waals surface area contributed by atoms with E-state index in [1.165, 1.54) is 65.6 Å². The van der Waals surface area contributed by atoms with E-state index in [9.17, 15) is 0 Å². The monoisotopic (exact) mass is 674 g/mol. The lowest BCUT2D eigenvalue weighted by atomic mass is 9.96. The molecular weight excluding hydrogens is 645 g/mol. The average Bonchev–Trinajstić information content (AvgIpc) is 3.87. The summed E-state index contributed by atoms with van der Waals surface area (Å²) in [7, 11) is 0. The second kappa shape index (κ2) is 10.7. The molecule has 12 rings (SSSR count). The highest BCUT2D eigenvalue weighted by Crippen LogP contribution is 2.55. The van der Waals surface area contributed by atoms with Gasteiger partial charge in [0.1, 0.15) is 11.2 Å². The molecule has 9 aromatic carbocycles. The highest BCUT2D eigenvalue weighted by Gasteiger charge is 2.29. The quantitative estimate of drug-likeness (QED) is 0.173. The van der Waals surface area contributed by atoms with E-state index in [4.69, 9.17) is 4.42 Å². The smallest absolute Gasteiger partial charge is 0.135 e. The fraction of sp³-hybridized carbons (Fsp3) is 0. The summed E-state index contributed by atoms with van der Waals surface area (Å²) in [4.78, 5) is 2.46. The van der Waals surface area contributed by atoms with E-state index in [1.54, 1.807) is 0 Å². The van der Waals surface area contributed by atoms with Crippen LogP contribution < -0.4 is 4.90 Å². The van der Waals surface area contributed by atoms with Gasteiger partial charge in [-0.3, -0.25) is 0 Å². The summed E-state index contributed by atoms with van der Waals surface area (Å²) >= 11 is 0. The Morgan fingerprint density at radius 3 is 2.00 bits per heavy atom. The van der Waals surface area contributed by atoms with Gasteiger partial charge in [-0.2, -0.15) is 0 Å². The van der Waals surface area contributed by atoms with E-state index in [2.05, 4.69) is 185 Å². The van der Waals surface area contributed by atoms with Gasteiger partial charge in [0.05, 0.1) is 16.7 Å². The minimum absolute atomic E-state index is 0.886. The Kier molecular flexibility index (Phi) is 5.77. The SMILES string of the molecule is c1ccc(-n2c3ccccc3c3ccc(N(c4ccc5oc6ccccc6c5c4)c4cccc5c4-c4cccc6cc7ccccc7c-5c46)cc32)cc1. The maximum atomic E-state index is 6.33. The van der Waals surface area contributed by atoms with Crippen LogP contribution in [0, 0.1) is 0 Å². The third-order valence-electron chi connectivity index (χ3n) is 11.3. The Bertz CT molecular complexity index is 3290. The summed E-state index contributed by atoms with van der Waals surface area (Å²) in [6.45, 7) is 0. The standard InChI is InChI=1S/C50H30N2O/c1-2-14-33(15-3-1)52-43-21-8-6-17-37(43)38-26-24-35(30-45(38)52)51(34-25-27-47-42(29-34)39-18-7-9-23-46(39)53-47)44-22-11-20-41-49(44)40-19-10-13-32-28-31-12-4-5-16-36(31)50(41)48(32)40/h1-30H. The molecule has 0 atom stereocenters. The van der Waals surface area contributed by atoms with E-state index in [1.807, 2.05) is 6.07 Å². The van der Waals surface area contributed by atoms with E-state index < -0.39 is 0 Å². The highest BCUT2D eigenvalue weighted by atomic mass is 16.3. The van der Waals surface area contributed by atoms with Crippen molar-refractivity contribution in [3.63, 3.8) is 0 Å². The average molecular weight is 675 g/mol. The Morgan fingerprint density at radius 2 is 1.08 bits per heavy atom. The molecule has 53 heavy (non-hydrogen) atoms. The first kappa shape index (κ1) is 28.6. The van der Waals surface area contributed by atoms with Crippen LogP contribution in [-0.2, 0) is 0 Å². The number of hydrogen-bond acceptors (Lipinski definition) is 2. The summed E-state index contributed by atoms with van der Waals surface area (Å²) < 4.78 is 8.73. The number of hydrogen-bond donors (Lipinski definition) is 0. The van der Waals surface area contributed by atoms with Crippen molar-refractivity contribution in [1.82, 2.24) is 4.57 Å². The minimum Gasteiger partial charge on any atom is -0.456 e. The molecular formula is C50H30N2O.